The van der Waals surface area contributed by atoms with Crippen LogP contribution in [-0.4, -0.2) is 47.5 Å². The van der Waals surface area contributed by atoms with Crippen molar-refractivity contribution in [2.75, 3.05) is 24.7 Å². The third kappa shape index (κ3) is 12.8. The summed E-state index contributed by atoms with van der Waals surface area (Å²) in [6.45, 7) is 15.1. The number of thioether (sulfide) groups is 2. The summed E-state index contributed by atoms with van der Waals surface area (Å²) in [5, 5.41) is -0.0362. The molecule has 0 spiro atoms. The van der Waals surface area contributed by atoms with Crippen molar-refractivity contribution < 1.29 is 28.5 Å². The van der Waals surface area contributed by atoms with Gasteiger partial charge in [0.2, 0.25) is 10.2 Å². The van der Waals surface area contributed by atoms with Crippen LogP contribution in [0.5, 0.6) is 11.5 Å². The van der Waals surface area contributed by atoms with E-state index in [1.54, 1.807) is 25.6 Å². The Morgan fingerprint density at radius 1 is 0.703 bits per heavy atom. The predicted octanol–water partition coefficient (Wildman–Crippen LogP) is 6.99. The summed E-state index contributed by atoms with van der Waals surface area (Å²) >= 11 is 4.02. The van der Waals surface area contributed by atoms with E-state index in [4.69, 9.17) is 18.9 Å². The van der Waals surface area contributed by atoms with Crippen LogP contribution in [0.1, 0.15) is 27.7 Å². The lowest BCUT2D eigenvalue weighted by Crippen LogP contribution is -2.18. The average Bonchev–Trinajstić information content (AvgIpc) is 2.86. The Morgan fingerprint density at radius 2 is 1.05 bits per heavy atom. The molecule has 0 aliphatic carbocycles. The van der Waals surface area contributed by atoms with Gasteiger partial charge in [0.25, 0.3) is 0 Å². The van der Waals surface area contributed by atoms with E-state index in [0.29, 0.717) is 47.4 Å². The maximum atomic E-state index is 11.5. The predicted molar refractivity (Wildman–Crippen MR) is 154 cm³/mol. The molecule has 0 amide bonds. The second-order valence-corrected chi connectivity index (χ2v) is 11.3. The molecule has 37 heavy (non-hydrogen) atoms. The largest absolute Gasteiger partial charge is 0.465 e. The molecule has 9 heteroatoms. The van der Waals surface area contributed by atoms with E-state index in [-0.39, 0.29) is 10.2 Å². The lowest BCUT2D eigenvalue weighted by molar-refractivity contribution is -0.108. The fraction of sp³-hybridized carbons (Fsp3) is 0.357. The second kappa shape index (κ2) is 16.6. The van der Waals surface area contributed by atoms with E-state index in [9.17, 15) is 9.59 Å². The van der Waals surface area contributed by atoms with Crippen LogP contribution in [0.15, 0.2) is 82.6 Å². The van der Waals surface area contributed by atoms with Gasteiger partial charge in [-0.1, -0.05) is 48.4 Å². The Bertz CT molecular complexity index is 953. The molecule has 0 N–H and O–H groups in total. The van der Waals surface area contributed by atoms with Crippen molar-refractivity contribution in [3.8, 4) is 11.5 Å². The highest BCUT2D eigenvalue weighted by Crippen LogP contribution is 2.30. The first kappa shape index (κ1) is 31.1. The Balaban J connectivity index is 1.71. The van der Waals surface area contributed by atoms with Gasteiger partial charge in [-0.25, -0.2) is 0 Å². The Kier molecular flexibility index (Phi) is 14.0. The normalized spacial score (nSPS) is 12.4. The summed E-state index contributed by atoms with van der Waals surface area (Å²) in [5.74, 6) is 2.54. The topological polar surface area (TPSA) is 71.1 Å². The van der Waals surface area contributed by atoms with Crippen molar-refractivity contribution in [3.63, 3.8) is 0 Å². The molecule has 200 valence electrons. The number of carbonyl (C=O) groups is 2. The fourth-order valence-electron chi connectivity index (χ4n) is 2.70. The van der Waals surface area contributed by atoms with Crippen molar-refractivity contribution in [1.82, 2.24) is 0 Å². The van der Waals surface area contributed by atoms with Gasteiger partial charge in [-0.3, -0.25) is 9.59 Å². The number of benzene rings is 2. The first-order valence-corrected chi connectivity index (χ1v) is 14.5. The van der Waals surface area contributed by atoms with Crippen LogP contribution >= 0.6 is 35.3 Å². The van der Waals surface area contributed by atoms with Crippen LogP contribution in [0, 0.1) is 0 Å². The molecule has 0 saturated carbocycles. The quantitative estimate of drug-likeness (QED) is 0.122. The molecular formula is C28H34O6S3. The lowest BCUT2D eigenvalue weighted by atomic mass is 10.3. The van der Waals surface area contributed by atoms with Crippen LogP contribution in [0.3, 0.4) is 0 Å². The fourth-order valence-corrected chi connectivity index (χ4v) is 4.74. The third-order valence-electron chi connectivity index (χ3n) is 4.52. The molecule has 2 aromatic carbocycles. The summed E-state index contributed by atoms with van der Waals surface area (Å²) in [4.78, 5) is 25.2. The van der Waals surface area contributed by atoms with Crippen LogP contribution in [0.2, 0.25) is 0 Å². The maximum absolute atomic E-state index is 11.5. The Hall–Kier alpha value is -2.17. The van der Waals surface area contributed by atoms with Crippen molar-refractivity contribution in [3.05, 3.63) is 72.8 Å². The van der Waals surface area contributed by atoms with Gasteiger partial charge in [0, 0.05) is 21.3 Å². The smallest absolute Gasteiger partial charge is 0.214 e. The molecule has 0 aliphatic rings. The molecule has 6 nitrogen and oxygen atoms in total. The minimum Gasteiger partial charge on any atom is -0.465 e. The lowest BCUT2D eigenvalue weighted by Gasteiger charge is -2.16. The highest BCUT2D eigenvalue weighted by Gasteiger charge is 2.09. The summed E-state index contributed by atoms with van der Waals surface area (Å²) in [6.07, 6.45) is -0.842. The van der Waals surface area contributed by atoms with Gasteiger partial charge in [-0.15, -0.1) is 0 Å². The summed E-state index contributed by atoms with van der Waals surface area (Å²) in [6, 6.07) is 15.6. The molecule has 2 atom stereocenters. The maximum Gasteiger partial charge on any atom is 0.214 e. The monoisotopic (exact) mass is 562 g/mol. The van der Waals surface area contributed by atoms with Gasteiger partial charge >= 0.3 is 0 Å². The van der Waals surface area contributed by atoms with Crippen LogP contribution in [-0.2, 0) is 19.1 Å². The highest BCUT2D eigenvalue weighted by atomic mass is 32.2. The van der Waals surface area contributed by atoms with E-state index >= 15 is 0 Å². The summed E-state index contributed by atoms with van der Waals surface area (Å²) in [7, 11) is 0. The molecular weight excluding hydrogens is 529 g/mol. The molecule has 2 aromatic rings. The molecule has 2 rings (SSSR count). The Labute approximate surface area is 232 Å². The average molecular weight is 563 g/mol. The van der Waals surface area contributed by atoms with Crippen LogP contribution in [0.25, 0.3) is 0 Å². The van der Waals surface area contributed by atoms with Gasteiger partial charge < -0.3 is 18.9 Å². The first-order valence-electron chi connectivity index (χ1n) is 11.7. The van der Waals surface area contributed by atoms with Gasteiger partial charge in [-0.2, -0.15) is 0 Å². The van der Waals surface area contributed by atoms with Gasteiger partial charge in [0.15, 0.2) is 12.6 Å². The number of hydrogen-bond donors (Lipinski definition) is 0. The standard InChI is InChI=1S/C28H34O6S3/c1-19(2)27(29)35-17-15-31-21(5)33-23-7-11-25(12-8-23)37-26-13-9-24(10-14-26)34-22(6)32-16-18-36-28(30)20(3)4/h7-14,21-22H,1,3,15-18H2,2,4-6H3. The molecule has 0 heterocycles. The van der Waals surface area contributed by atoms with Crippen LogP contribution in [0.4, 0.5) is 0 Å². The van der Waals surface area contributed by atoms with Gasteiger partial charge in [0.1, 0.15) is 11.5 Å². The molecule has 0 aliphatic heterocycles. The van der Waals surface area contributed by atoms with E-state index < -0.39 is 12.6 Å². The minimum absolute atomic E-state index is 0.0181. The van der Waals surface area contributed by atoms with Crippen molar-refractivity contribution >= 4 is 45.5 Å². The third-order valence-corrected chi connectivity index (χ3v) is 7.50. The Morgan fingerprint density at radius 3 is 1.38 bits per heavy atom. The van der Waals surface area contributed by atoms with E-state index in [2.05, 4.69) is 13.2 Å². The number of ether oxygens (including phenoxy) is 4. The molecule has 0 fully saturated rings. The van der Waals surface area contributed by atoms with E-state index in [0.717, 1.165) is 9.79 Å². The van der Waals surface area contributed by atoms with Crippen molar-refractivity contribution in [1.29, 1.82) is 0 Å². The molecule has 0 aromatic heterocycles. The zero-order chi connectivity index (χ0) is 27.2. The van der Waals surface area contributed by atoms with Gasteiger partial charge in [-0.05, 0) is 87.4 Å². The summed E-state index contributed by atoms with van der Waals surface area (Å²) < 4.78 is 22.8. The second-order valence-electron chi connectivity index (χ2n) is 7.99. The zero-order valence-electron chi connectivity index (χ0n) is 21.7. The van der Waals surface area contributed by atoms with E-state index in [1.165, 1.54) is 23.5 Å². The SMILES string of the molecule is C=C(C)C(=O)SCCOC(C)Oc1ccc(Sc2ccc(OC(C)OCCSC(=O)C(=C)C)cc2)cc1. The summed E-state index contributed by atoms with van der Waals surface area (Å²) in [5.41, 5.74) is 1.08. The minimum atomic E-state index is -0.421. The first-order chi connectivity index (χ1) is 17.6. The van der Waals surface area contributed by atoms with Gasteiger partial charge in [0.05, 0.1) is 13.2 Å². The zero-order valence-corrected chi connectivity index (χ0v) is 24.1. The molecule has 0 radical (unpaired) electrons. The number of hydrogen-bond acceptors (Lipinski definition) is 9. The highest BCUT2D eigenvalue weighted by molar-refractivity contribution is 8.14. The number of rotatable bonds is 16. The molecule has 0 bridgehead atoms. The number of carbonyl (C=O) groups excluding carboxylic acids is 2. The van der Waals surface area contributed by atoms with E-state index in [1.807, 2.05) is 62.4 Å². The molecule has 0 saturated heterocycles. The van der Waals surface area contributed by atoms with Crippen molar-refractivity contribution in [2.45, 2.75) is 50.1 Å². The van der Waals surface area contributed by atoms with Crippen LogP contribution < -0.4 is 9.47 Å². The van der Waals surface area contributed by atoms with Crippen molar-refractivity contribution in [2.24, 2.45) is 0 Å². The molecule has 2 unspecified atom stereocenters.